The number of fused-ring (bicyclic) bond motifs is 13. The summed E-state index contributed by atoms with van der Waals surface area (Å²) < 4.78 is 14.3. The van der Waals surface area contributed by atoms with E-state index in [9.17, 15) is 0 Å². The van der Waals surface area contributed by atoms with Crippen LogP contribution in [-0.2, 0) is 19.0 Å². The van der Waals surface area contributed by atoms with Crippen molar-refractivity contribution in [2.75, 3.05) is 0 Å². The SMILES string of the molecule is Brc1cc(Br)cc(-c2nc(-c3ccc4ccccc4c3)cc(-c3ccc4ccccc4c3)n2)c1.CC1(C)OB(c2ccc(-c3ccc4ccc5ccccc5c4n3)cc2)OC1(C)C.O=CO[O-].[Cs+].[Cs+].[H-].c1ccc2cc(-c3cc(-c4ccc5ccccc5c4)nc(-c4cc(-c5ccc(-c6ccc7ccc8cccnc8c7n6)cc5)cc(-c5ccc(-c6ccc7ccc8cccnc8c7n6)cc5)c4)n3)ccc2c1. The second kappa shape index (κ2) is 42.1. The van der Waals surface area contributed by atoms with Crippen molar-refractivity contribution in [2.45, 2.75) is 38.9 Å². The zero-order valence-corrected chi connectivity index (χ0v) is 93.6. The standard InChI is InChI=1S/C66H40N6.C30H18Br2N2.C25H24BNO2.CH2O3.2Cs.H/c1-3-9-51-35-53(27-17-41(51)7-1)60-40-61(54-28-18-42-8-2-4-10-52(42)36-54)72-66(71-60)57-38-55(43-13-19-45(20-14-43)58-31-29-49-25-23-47-11-5-33-67-62(47)64(49)69-58)37-56(39-57)44-15-21-46(22-16-44)59-32-30-50-26-24-48-12-6-34-68-63(48)65(50)70-59;31-26-15-25(16-27(32)17-26)30-33-28(23-11-9-19-5-1-3-7-21(19)13-23)18-29(34-30)24-12-10-20-6-2-4-8-22(20)14-24;1-24(2)25(3,4)29-26(28-24)20-14-11-18(12-15-20)22-16-13-19-10-9-17-7-5-6-8-21(17)23(19)27-22;2-1-4-3;;;/h1-40H;1-18H;5-16H,1-4H3;1,3H;;;/q;;;;2*+1;-1/p-1. The quantitative estimate of drug-likeness (QED) is 0.0349. The smallest absolute Gasteiger partial charge is 1.00 e. The molecule has 1 aliphatic heterocycles. The second-order valence-electron chi connectivity index (χ2n) is 35.6. The van der Waals surface area contributed by atoms with Crippen molar-refractivity contribution in [1.82, 2.24) is 44.9 Å². The van der Waals surface area contributed by atoms with Crippen LogP contribution in [0.2, 0.25) is 0 Å². The number of rotatable bonds is 13. The number of hydrogen-bond acceptors (Lipinski definition) is 14. The maximum Gasteiger partial charge on any atom is 1.00 e. The average Bonchev–Trinajstić information content (AvgIpc) is 1.62. The Morgan fingerprint density at radius 1 is 0.262 bits per heavy atom. The molecular formula is C122H84BBr2Cs2N9O5. The minimum Gasteiger partial charge on any atom is -1.00 e. The molecule has 141 heavy (non-hydrogen) atoms. The molecule has 1 saturated heterocycles. The van der Waals surface area contributed by atoms with E-state index in [2.05, 4.69) is 459 Å². The van der Waals surface area contributed by atoms with Crippen LogP contribution in [0, 0.1) is 0 Å². The van der Waals surface area contributed by atoms with Crippen LogP contribution in [-0.4, -0.2) is 69.6 Å². The fourth-order valence-electron chi connectivity index (χ4n) is 18.2. The Hall–Kier alpha value is -12.3. The van der Waals surface area contributed by atoms with E-state index in [1.165, 1.54) is 43.1 Å². The van der Waals surface area contributed by atoms with Gasteiger partial charge in [-0.25, -0.2) is 34.9 Å². The third kappa shape index (κ3) is 20.6. The Morgan fingerprint density at radius 3 is 0.915 bits per heavy atom. The first-order valence-corrected chi connectivity index (χ1v) is 47.4. The molecule has 19 heteroatoms. The predicted octanol–water partition coefficient (Wildman–Crippen LogP) is 23.9. The number of halogens is 2. The van der Waals surface area contributed by atoms with Crippen molar-refractivity contribution >= 4 is 159 Å². The number of aromatic nitrogens is 9. The monoisotopic (exact) mass is 2190 g/mol. The number of hydrogen-bond donors (Lipinski definition) is 0. The van der Waals surface area contributed by atoms with Gasteiger partial charge in [0, 0.05) is 104 Å². The first kappa shape index (κ1) is 96.2. The number of carbonyl (C=O) groups excluding carboxylic acids is 1. The Morgan fingerprint density at radius 2 is 0.539 bits per heavy atom. The van der Waals surface area contributed by atoms with E-state index in [-0.39, 0.29) is 164 Å². The molecule has 17 aromatic carbocycles. The molecule has 666 valence electrons. The van der Waals surface area contributed by atoms with Crippen molar-refractivity contribution in [2.24, 2.45) is 0 Å². The fourth-order valence-corrected chi connectivity index (χ4v) is 19.4. The van der Waals surface area contributed by atoms with E-state index in [0.29, 0.717) is 11.6 Å². The Kier molecular flexibility index (Phi) is 28.7. The Labute approximate surface area is 950 Å². The van der Waals surface area contributed by atoms with Crippen molar-refractivity contribution in [3.8, 4) is 124 Å². The first-order chi connectivity index (χ1) is 68.0. The molecule has 14 nitrogen and oxygen atoms in total. The molecular weight excluding hydrogens is 2110 g/mol. The third-order valence-corrected chi connectivity index (χ3v) is 27.1. The van der Waals surface area contributed by atoms with Gasteiger partial charge in [0.2, 0.25) is 0 Å². The number of benzene rings is 17. The van der Waals surface area contributed by atoms with Crippen LogP contribution < -0.4 is 149 Å². The molecule has 0 bridgehead atoms. The minimum atomic E-state index is -0.345. The molecule has 0 unspecified atom stereocenters. The maximum atomic E-state index is 8.64. The van der Waals surface area contributed by atoms with Crippen LogP contribution in [0.25, 0.3) is 232 Å². The van der Waals surface area contributed by atoms with Gasteiger partial charge in [0.1, 0.15) is 0 Å². The molecule has 7 aromatic heterocycles. The van der Waals surface area contributed by atoms with Gasteiger partial charge in [0.25, 0.3) is 6.47 Å². The van der Waals surface area contributed by atoms with E-state index in [4.69, 9.17) is 64.2 Å². The van der Waals surface area contributed by atoms with Gasteiger partial charge in [-0.2, -0.15) is 0 Å². The first-order valence-electron chi connectivity index (χ1n) is 45.8. The molecule has 25 rings (SSSR count). The summed E-state index contributed by atoms with van der Waals surface area (Å²) in [7, 11) is -0.345. The van der Waals surface area contributed by atoms with Crippen LogP contribution >= 0.6 is 31.9 Å². The van der Waals surface area contributed by atoms with Crippen molar-refractivity contribution in [3.63, 3.8) is 0 Å². The van der Waals surface area contributed by atoms with Gasteiger partial charge in [0.05, 0.1) is 78.6 Å². The zero-order valence-electron chi connectivity index (χ0n) is 78.9. The molecule has 0 spiro atoms. The van der Waals surface area contributed by atoms with Gasteiger partial charge in [0.15, 0.2) is 11.6 Å². The minimum absolute atomic E-state index is 0. The van der Waals surface area contributed by atoms with Gasteiger partial charge >= 0.3 is 145 Å². The van der Waals surface area contributed by atoms with E-state index in [0.717, 1.165) is 192 Å². The summed E-state index contributed by atoms with van der Waals surface area (Å²) in [5, 5.41) is 25.7. The van der Waals surface area contributed by atoms with Crippen LogP contribution in [0.3, 0.4) is 0 Å². The van der Waals surface area contributed by atoms with Gasteiger partial charge in [-0.05, 0) is 207 Å². The molecule has 24 aromatic rings. The summed E-state index contributed by atoms with van der Waals surface area (Å²) in [6.07, 6.45) is 3.66. The van der Waals surface area contributed by atoms with Crippen LogP contribution in [0.5, 0.6) is 0 Å². The summed E-state index contributed by atoms with van der Waals surface area (Å²) in [6, 6.07) is 144. The topological polar surface area (TPSA) is 184 Å². The maximum absolute atomic E-state index is 8.64. The van der Waals surface area contributed by atoms with Crippen molar-refractivity contribution in [3.05, 3.63) is 434 Å². The number of nitrogens with zero attached hydrogens (tertiary/aromatic N) is 9. The summed E-state index contributed by atoms with van der Waals surface area (Å²) in [5.74, 6) is 1.33. The average molecular weight is 2190 g/mol. The van der Waals surface area contributed by atoms with Crippen LogP contribution in [0.4, 0.5) is 0 Å². The van der Waals surface area contributed by atoms with E-state index in [1.54, 1.807) is 0 Å². The van der Waals surface area contributed by atoms with Gasteiger partial charge in [-0.1, -0.05) is 341 Å². The number of pyridine rings is 5. The normalized spacial score (nSPS) is 12.5. The Balaban J connectivity index is 0.000000151. The van der Waals surface area contributed by atoms with Crippen LogP contribution in [0.15, 0.2) is 434 Å². The summed E-state index contributed by atoms with van der Waals surface area (Å²) in [6.45, 7) is 8.12. The number of carbonyl (C=O) groups is 1. The van der Waals surface area contributed by atoms with Crippen LogP contribution in [0.1, 0.15) is 29.1 Å². The molecule has 0 N–H and O–H groups in total. The van der Waals surface area contributed by atoms with Crippen molar-refractivity contribution < 1.29 is 163 Å². The third-order valence-electron chi connectivity index (χ3n) is 26.2. The zero-order chi connectivity index (χ0) is 94.2. The van der Waals surface area contributed by atoms with Gasteiger partial charge < -0.3 is 20.9 Å². The molecule has 8 heterocycles. The Bertz CT molecular complexity index is 8530. The van der Waals surface area contributed by atoms with E-state index in [1.807, 2.05) is 30.6 Å². The van der Waals surface area contributed by atoms with E-state index >= 15 is 0 Å². The second-order valence-corrected chi connectivity index (χ2v) is 37.4. The molecule has 0 saturated carbocycles. The predicted molar refractivity (Wildman–Crippen MR) is 574 cm³/mol. The van der Waals surface area contributed by atoms with E-state index < -0.39 is 0 Å². The molecule has 1 aliphatic rings. The molecule has 0 aliphatic carbocycles. The fraction of sp³-hybridized carbons (Fsp3) is 0.0492. The summed E-state index contributed by atoms with van der Waals surface area (Å²) in [5.41, 5.74) is 24.7. The largest absolute Gasteiger partial charge is 1.00 e. The molecule has 0 radical (unpaired) electrons. The summed E-state index contributed by atoms with van der Waals surface area (Å²) >= 11 is 7.21. The summed E-state index contributed by atoms with van der Waals surface area (Å²) in [4.78, 5) is 56.7. The molecule has 0 amide bonds. The van der Waals surface area contributed by atoms with Gasteiger partial charge in [-0.3, -0.25) is 14.8 Å². The molecule has 0 atom stereocenters. The van der Waals surface area contributed by atoms with Crippen molar-refractivity contribution in [1.29, 1.82) is 0 Å². The van der Waals surface area contributed by atoms with Gasteiger partial charge in [-0.15, -0.1) is 0 Å². The molecule has 1 fully saturated rings.